The molecule has 0 aromatic carbocycles. The second-order valence-electron chi connectivity index (χ2n) is 10.4. The van der Waals surface area contributed by atoms with Crippen LogP contribution in [-0.4, -0.2) is 123 Å². The van der Waals surface area contributed by atoms with Gasteiger partial charge in [0.15, 0.2) is 24.4 Å². The number of amides is 3. The molecule has 268 valence electrons. The summed E-state index contributed by atoms with van der Waals surface area (Å²) in [4.78, 5) is 74.0. The molecular weight excluding hydrogens is 697 g/mol. The number of hydrogen-bond donors (Lipinski definition) is 10. The number of hydrogen-bond acceptors (Lipinski definition) is 16. The van der Waals surface area contributed by atoms with Crippen molar-refractivity contribution in [3.05, 3.63) is 0 Å². The van der Waals surface area contributed by atoms with E-state index in [9.17, 15) is 53.0 Å². The predicted octanol–water partition coefficient (Wildman–Crippen LogP) is -2.94. The third-order valence-electron chi connectivity index (χ3n) is 6.58. The van der Waals surface area contributed by atoms with Crippen LogP contribution in [0.25, 0.3) is 0 Å². The number of guanidine groups is 1. The number of carbonyl (C=O) groups excluding carboxylic acids is 3. The normalized spacial score (nSPS) is 29.2. The van der Waals surface area contributed by atoms with Gasteiger partial charge < -0.3 is 50.9 Å². The Morgan fingerprint density at radius 2 is 1.70 bits per heavy atom. The van der Waals surface area contributed by atoms with Crippen LogP contribution in [-0.2, 0) is 46.0 Å². The number of aliphatic hydroxyl groups is 2. The van der Waals surface area contributed by atoms with Crippen molar-refractivity contribution in [2.75, 3.05) is 26.2 Å². The van der Waals surface area contributed by atoms with E-state index < -0.39 is 85.1 Å². The number of ether oxygens (including phenoxy) is 1. The van der Waals surface area contributed by atoms with E-state index in [0.717, 1.165) is 12.8 Å². The van der Waals surface area contributed by atoms with Crippen molar-refractivity contribution in [3.63, 3.8) is 0 Å². The van der Waals surface area contributed by atoms with Crippen LogP contribution in [0.15, 0.2) is 9.98 Å². The number of aliphatic hydroxyl groups excluding tert-OH is 2. The van der Waals surface area contributed by atoms with Gasteiger partial charge in [0.1, 0.15) is 18.3 Å². The molecule has 0 saturated carbocycles. The SMILES string of the molecule is CCCC(=O)NCCCCC(=O)NCCNP(=O)(O)OP(=O)(O)OP(=O)(O)OCC1OC(N2C=NC3C(=O)NC(N)=NC32)C(O)C1O. The third-order valence-corrected chi connectivity index (χ3v) is 11.0. The molecule has 0 radical (unpaired) electrons. The van der Waals surface area contributed by atoms with E-state index in [0.29, 0.717) is 25.8 Å². The maximum absolute atomic E-state index is 12.3. The van der Waals surface area contributed by atoms with Gasteiger partial charge >= 0.3 is 23.4 Å². The van der Waals surface area contributed by atoms with Crippen LogP contribution in [0, 0.1) is 0 Å². The topological polar surface area (TPSA) is 343 Å². The molecule has 26 heteroatoms. The van der Waals surface area contributed by atoms with Crippen molar-refractivity contribution in [1.82, 2.24) is 25.9 Å². The smallest absolute Gasteiger partial charge is 0.387 e. The summed E-state index contributed by atoms with van der Waals surface area (Å²) in [7, 11) is -16.4. The molecule has 3 rings (SSSR count). The molecule has 3 aliphatic heterocycles. The molecule has 3 amide bonds. The fraction of sp³-hybridized carbons (Fsp3) is 0.762. The molecule has 0 aromatic heterocycles. The highest BCUT2D eigenvalue weighted by Gasteiger charge is 2.52. The average molecular weight is 737 g/mol. The first-order valence-electron chi connectivity index (χ1n) is 14.2. The Hall–Kier alpha value is -2.36. The summed E-state index contributed by atoms with van der Waals surface area (Å²) in [5.41, 5.74) is 5.57. The molecule has 11 N–H and O–H groups in total. The number of nitrogens with one attached hydrogen (secondary N) is 4. The zero-order chi connectivity index (χ0) is 35.0. The van der Waals surface area contributed by atoms with Crippen molar-refractivity contribution in [1.29, 1.82) is 0 Å². The lowest BCUT2D eigenvalue weighted by molar-refractivity contribution is -0.124. The number of nitrogens with two attached hydrogens (primary N) is 1. The number of phosphoric acid groups is 2. The van der Waals surface area contributed by atoms with Gasteiger partial charge in [-0.1, -0.05) is 6.92 Å². The lowest BCUT2D eigenvalue weighted by Crippen LogP contribution is -2.56. The zero-order valence-corrected chi connectivity index (χ0v) is 27.7. The maximum atomic E-state index is 12.3. The van der Waals surface area contributed by atoms with Crippen LogP contribution in [0.5, 0.6) is 0 Å². The van der Waals surface area contributed by atoms with Crippen LogP contribution < -0.4 is 26.8 Å². The van der Waals surface area contributed by atoms with Crippen molar-refractivity contribution in [2.24, 2.45) is 15.7 Å². The lowest BCUT2D eigenvalue weighted by Gasteiger charge is -2.32. The molecule has 0 aromatic rings. The number of fused-ring (bicyclic) bond motifs is 1. The minimum absolute atomic E-state index is 0.0770. The lowest BCUT2D eigenvalue weighted by atomic mass is 10.1. The highest BCUT2D eigenvalue weighted by molar-refractivity contribution is 7.67. The number of carbonyl (C=O) groups is 3. The third kappa shape index (κ3) is 11.9. The average Bonchev–Trinajstić information content (AvgIpc) is 3.49. The largest absolute Gasteiger partial charge is 0.489 e. The molecule has 1 saturated heterocycles. The Kier molecular flexibility index (Phi) is 14.0. The fourth-order valence-electron chi connectivity index (χ4n) is 4.45. The monoisotopic (exact) mass is 736 g/mol. The summed E-state index contributed by atoms with van der Waals surface area (Å²) < 4.78 is 54.9. The Labute approximate surface area is 268 Å². The molecular formula is C21H39N8O15P3. The van der Waals surface area contributed by atoms with Crippen molar-refractivity contribution in [2.45, 2.75) is 75.8 Å². The van der Waals surface area contributed by atoms with Crippen LogP contribution in [0.4, 0.5) is 0 Å². The van der Waals surface area contributed by atoms with Gasteiger partial charge in [0.05, 0.1) is 12.9 Å². The highest BCUT2D eigenvalue weighted by Crippen LogP contribution is 2.66. The number of aliphatic imine (C=N–C) groups is 2. The molecule has 1 fully saturated rings. The van der Waals surface area contributed by atoms with E-state index in [1.54, 1.807) is 0 Å². The van der Waals surface area contributed by atoms with Gasteiger partial charge in [-0.05, 0) is 19.3 Å². The molecule has 0 aliphatic carbocycles. The van der Waals surface area contributed by atoms with E-state index in [1.165, 1.54) is 4.90 Å². The molecule has 47 heavy (non-hydrogen) atoms. The van der Waals surface area contributed by atoms with Crippen molar-refractivity contribution in [3.8, 4) is 0 Å². The maximum Gasteiger partial charge on any atom is 0.489 e. The second kappa shape index (κ2) is 16.8. The van der Waals surface area contributed by atoms with E-state index >= 15 is 0 Å². The first-order valence-corrected chi connectivity index (χ1v) is 18.8. The number of nitrogens with zero attached hydrogens (tertiary/aromatic N) is 3. The first-order chi connectivity index (χ1) is 21.9. The minimum Gasteiger partial charge on any atom is -0.387 e. The van der Waals surface area contributed by atoms with E-state index in [-0.39, 0.29) is 24.8 Å². The van der Waals surface area contributed by atoms with Gasteiger partial charge in [-0.25, -0.2) is 23.8 Å². The fourth-order valence-corrected chi connectivity index (χ4v) is 8.15. The Morgan fingerprint density at radius 1 is 1.02 bits per heavy atom. The Morgan fingerprint density at radius 3 is 2.40 bits per heavy atom. The molecule has 0 bridgehead atoms. The second-order valence-corrected chi connectivity index (χ2v) is 15.1. The summed E-state index contributed by atoms with van der Waals surface area (Å²) in [5, 5.41) is 30.1. The quantitative estimate of drug-likeness (QED) is 0.0468. The summed E-state index contributed by atoms with van der Waals surface area (Å²) in [6.07, 6.45) is -3.96. The first kappa shape index (κ1) is 39.1. The van der Waals surface area contributed by atoms with Crippen LogP contribution in [0.1, 0.15) is 39.0 Å². The predicted molar refractivity (Wildman–Crippen MR) is 159 cm³/mol. The summed E-state index contributed by atoms with van der Waals surface area (Å²) >= 11 is 0. The zero-order valence-electron chi connectivity index (χ0n) is 25.0. The van der Waals surface area contributed by atoms with Crippen LogP contribution in [0.3, 0.4) is 0 Å². The molecule has 9 atom stereocenters. The highest BCUT2D eigenvalue weighted by atomic mass is 31.3. The molecule has 3 aliphatic rings. The summed E-state index contributed by atoms with van der Waals surface area (Å²) in [5.74, 6) is -1.28. The standard InChI is InChI=1S/C21H39N8O15P3/c1-2-5-13(30)23-7-4-3-6-14(31)24-8-9-26-45(35,36)43-47(39,40)44-46(37,38)41-10-12-16(32)17(33)20(42-12)29-11-25-15-18(29)27-21(22)28-19(15)34/h11-12,15-18,20,32-33H,2-10H2,1H3,(H,23,30)(H,24,31)(H,37,38)(H,39,40)(H2,26,35,36)(H3,22,27,28,34). The minimum atomic E-state index is -5.76. The number of rotatable bonds is 19. The summed E-state index contributed by atoms with van der Waals surface area (Å²) in [6, 6.07) is -1.03. The molecule has 0 spiro atoms. The van der Waals surface area contributed by atoms with Gasteiger partial charge in [0.25, 0.3) is 5.91 Å². The number of unbranched alkanes of at least 4 members (excludes halogenated alkanes) is 1. The van der Waals surface area contributed by atoms with Gasteiger partial charge in [-0.2, -0.15) is 8.62 Å². The summed E-state index contributed by atoms with van der Waals surface area (Å²) in [6.45, 7) is 0.659. The van der Waals surface area contributed by atoms with Crippen LogP contribution >= 0.6 is 23.4 Å². The van der Waals surface area contributed by atoms with Crippen molar-refractivity contribution >= 4 is 53.4 Å². The molecule has 3 heterocycles. The Balaban J connectivity index is 1.39. The van der Waals surface area contributed by atoms with E-state index in [1.807, 2.05) is 12.0 Å². The number of phosphoric ester groups is 1. The Bertz CT molecular complexity index is 1350. The van der Waals surface area contributed by atoms with Crippen LogP contribution in [0.2, 0.25) is 0 Å². The molecule has 23 nitrogen and oxygen atoms in total. The van der Waals surface area contributed by atoms with Crippen molar-refractivity contribution < 1.29 is 70.9 Å². The van der Waals surface area contributed by atoms with E-state index in [4.69, 9.17) is 10.5 Å². The van der Waals surface area contributed by atoms with E-state index in [2.05, 4.69) is 39.1 Å². The van der Waals surface area contributed by atoms with Gasteiger partial charge in [-0.15, -0.1) is 0 Å². The van der Waals surface area contributed by atoms with Gasteiger partial charge in [0, 0.05) is 32.5 Å². The van der Waals surface area contributed by atoms with Gasteiger partial charge in [-0.3, -0.25) is 29.2 Å². The van der Waals surface area contributed by atoms with Gasteiger partial charge in [0.2, 0.25) is 11.8 Å². The molecule has 9 unspecified atom stereocenters.